The average molecular weight is 1090 g/mol. The van der Waals surface area contributed by atoms with E-state index in [2.05, 4.69) is 315 Å². The highest BCUT2D eigenvalue weighted by Crippen LogP contribution is 2.44. The fraction of sp³-hybridized carbons (Fsp3) is 0.0952. The van der Waals surface area contributed by atoms with E-state index in [4.69, 9.17) is 0 Å². The summed E-state index contributed by atoms with van der Waals surface area (Å²) in [5, 5.41) is 2.52. The summed E-state index contributed by atoms with van der Waals surface area (Å²) in [7, 11) is 0. The number of nitrogens with zero attached hydrogens (tertiary/aromatic N) is 1. The number of rotatable bonds is 13. The molecule has 0 spiro atoms. The van der Waals surface area contributed by atoms with Crippen molar-refractivity contribution in [1.29, 1.82) is 0 Å². The van der Waals surface area contributed by atoms with Gasteiger partial charge in [0.05, 0.1) is 11.0 Å². The Kier molecular flexibility index (Phi) is 13.8. The highest BCUT2D eigenvalue weighted by molar-refractivity contribution is 6.10. The molecule has 0 aliphatic heterocycles. The first-order chi connectivity index (χ1) is 42.0. The van der Waals surface area contributed by atoms with Gasteiger partial charge in [-0.05, 0) is 210 Å². The van der Waals surface area contributed by atoms with E-state index in [9.17, 15) is 0 Å². The standard InChI is InChI=1S/C84H65N/c1-57-18-11-12-27-76(57)78-45-40-66(60-20-5-2-6-21-60)50-69(78)37-34-58-19-17-26-65(48-58)72-53-70(63-35-32-59(33-36-63)49-73-55-74-51-67(61-22-7-3-8-23-61)41-46-79(74)80-29-14-13-28-77(73)80)52-71(54-72)64-38-43-75(44-39-64)85-83-31-16-15-30-81(83)82-47-42-68(56-84(82)85)62-24-9-4-10-25-62/h2-18,20-33,35-36,38-48,50-54,56,58,73H,19,34,37,49,55H2,1H3. The molecule has 0 amide bonds. The summed E-state index contributed by atoms with van der Waals surface area (Å²) >= 11 is 0. The number of hydrogen-bond donors (Lipinski definition) is 0. The van der Waals surface area contributed by atoms with E-state index < -0.39 is 0 Å². The lowest BCUT2D eigenvalue weighted by Gasteiger charge is -2.28. The molecule has 0 fully saturated rings. The molecule has 0 saturated carbocycles. The van der Waals surface area contributed by atoms with Gasteiger partial charge in [-0.3, -0.25) is 0 Å². The maximum atomic E-state index is 2.57. The van der Waals surface area contributed by atoms with Crippen molar-refractivity contribution >= 4 is 27.4 Å². The van der Waals surface area contributed by atoms with Gasteiger partial charge in [-0.2, -0.15) is 0 Å². The highest BCUT2D eigenvalue weighted by atomic mass is 15.0. The molecule has 2 aliphatic carbocycles. The predicted molar refractivity (Wildman–Crippen MR) is 360 cm³/mol. The summed E-state index contributed by atoms with van der Waals surface area (Å²) in [6.45, 7) is 2.24. The molecule has 1 heteroatoms. The molecule has 0 radical (unpaired) electrons. The molecule has 15 rings (SSSR count). The summed E-state index contributed by atoms with van der Waals surface area (Å²) < 4.78 is 2.44. The molecule has 12 aromatic carbocycles. The summed E-state index contributed by atoms with van der Waals surface area (Å²) in [5.41, 5.74) is 30.8. The lowest BCUT2D eigenvalue weighted by Crippen LogP contribution is -2.14. The van der Waals surface area contributed by atoms with Crippen LogP contribution in [0.1, 0.15) is 52.1 Å². The Morgan fingerprint density at radius 3 is 1.64 bits per heavy atom. The van der Waals surface area contributed by atoms with E-state index in [1.165, 1.54) is 139 Å². The third-order valence-electron chi connectivity index (χ3n) is 18.2. The molecule has 2 unspecified atom stereocenters. The SMILES string of the molecule is Cc1ccccc1-c1ccc(-c2ccccc2)cc1CCC1C=C(c2cc(-c3ccc(CC4Cc5cc(-c6ccccc6)ccc5-c5ccccc54)cc3)cc(-c3ccc(-n4c5ccccc5c5ccc(-c6ccccc6)cc54)cc3)c2)C=CC1. The van der Waals surface area contributed by atoms with Crippen molar-refractivity contribution < 1.29 is 0 Å². The average Bonchev–Trinajstić information content (AvgIpc) is 2.53. The Morgan fingerprint density at radius 2 is 0.929 bits per heavy atom. The second-order valence-electron chi connectivity index (χ2n) is 23.5. The number of benzene rings is 12. The number of para-hydroxylation sites is 1. The van der Waals surface area contributed by atoms with Crippen molar-refractivity contribution in [3.05, 3.63) is 337 Å². The number of fused-ring (bicyclic) bond motifs is 6. The van der Waals surface area contributed by atoms with Crippen molar-refractivity contribution in [1.82, 2.24) is 4.57 Å². The molecule has 0 N–H and O–H groups in total. The van der Waals surface area contributed by atoms with E-state index >= 15 is 0 Å². The van der Waals surface area contributed by atoms with Crippen LogP contribution < -0.4 is 0 Å². The number of allylic oxidation sites excluding steroid dienone is 4. The normalized spacial score (nSPS) is 14.5. The van der Waals surface area contributed by atoms with Gasteiger partial charge < -0.3 is 4.57 Å². The monoisotopic (exact) mass is 1090 g/mol. The van der Waals surface area contributed by atoms with Crippen molar-refractivity contribution in [2.75, 3.05) is 0 Å². The smallest absolute Gasteiger partial charge is 0.0547 e. The van der Waals surface area contributed by atoms with E-state index in [1.54, 1.807) is 0 Å². The highest BCUT2D eigenvalue weighted by Gasteiger charge is 2.26. The summed E-state index contributed by atoms with van der Waals surface area (Å²) in [5.74, 6) is 0.776. The molecule has 0 bridgehead atoms. The van der Waals surface area contributed by atoms with Gasteiger partial charge >= 0.3 is 0 Å². The molecule has 0 saturated heterocycles. The zero-order valence-electron chi connectivity index (χ0n) is 48.0. The molecule has 13 aromatic rings. The summed E-state index contributed by atoms with van der Waals surface area (Å²) in [6.07, 6.45) is 12.4. The van der Waals surface area contributed by atoms with Crippen molar-refractivity contribution in [2.24, 2.45) is 5.92 Å². The molecule has 85 heavy (non-hydrogen) atoms. The third-order valence-corrected chi connectivity index (χ3v) is 18.2. The van der Waals surface area contributed by atoms with Crippen LogP contribution in [0.5, 0.6) is 0 Å². The molecule has 406 valence electrons. The topological polar surface area (TPSA) is 4.93 Å². The Labute approximate surface area is 500 Å². The van der Waals surface area contributed by atoms with Crippen LogP contribution in [-0.2, 0) is 19.3 Å². The van der Waals surface area contributed by atoms with E-state index in [1.807, 2.05) is 0 Å². The Balaban J connectivity index is 0.774. The number of hydrogen-bond acceptors (Lipinski definition) is 0. The van der Waals surface area contributed by atoms with E-state index in [0.29, 0.717) is 11.8 Å². The lowest BCUT2D eigenvalue weighted by atomic mass is 9.75. The maximum Gasteiger partial charge on any atom is 0.0547 e. The molecule has 2 aliphatic rings. The van der Waals surface area contributed by atoms with Crippen LogP contribution in [0, 0.1) is 12.8 Å². The molecule has 1 aromatic heterocycles. The quantitative estimate of drug-likeness (QED) is 0.108. The first-order valence-corrected chi connectivity index (χ1v) is 30.4. The fourth-order valence-corrected chi connectivity index (χ4v) is 13.8. The largest absolute Gasteiger partial charge is 0.309 e. The van der Waals surface area contributed by atoms with Crippen LogP contribution >= 0.6 is 0 Å². The van der Waals surface area contributed by atoms with Crippen LogP contribution in [0.15, 0.2) is 303 Å². The van der Waals surface area contributed by atoms with Gasteiger partial charge in [-0.25, -0.2) is 0 Å². The fourth-order valence-electron chi connectivity index (χ4n) is 13.8. The van der Waals surface area contributed by atoms with Crippen LogP contribution in [-0.4, -0.2) is 4.57 Å². The van der Waals surface area contributed by atoms with Crippen molar-refractivity contribution in [2.45, 2.75) is 44.9 Å². The number of aromatic nitrogens is 1. The zero-order valence-corrected chi connectivity index (χ0v) is 48.0. The van der Waals surface area contributed by atoms with E-state index in [-0.39, 0.29) is 0 Å². The minimum absolute atomic E-state index is 0.381. The third kappa shape index (κ3) is 10.3. The van der Waals surface area contributed by atoms with Crippen LogP contribution in [0.2, 0.25) is 0 Å². The first kappa shape index (κ1) is 51.8. The lowest BCUT2D eigenvalue weighted by molar-refractivity contribution is 0.597. The Hall–Kier alpha value is -10.1. The molecular weight excluding hydrogens is 1020 g/mol. The molecule has 1 heterocycles. The minimum atomic E-state index is 0.381. The molecular formula is C84H65N. The second kappa shape index (κ2) is 22.6. The summed E-state index contributed by atoms with van der Waals surface area (Å²) in [6, 6.07) is 106. The van der Waals surface area contributed by atoms with Gasteiger partial charge in [0.2, 0.25) is 0 Å². The van der Waals surface area contributed by atoms with Gasteiger partial charge in [0.15, 0.2) is 0 Å². The van der Waals surface area contributed by atoms with Gasteiger partial charge in [0.1, 0.15) is 0 Å². The van der Waals surface area contributed by atoms with Crippen molar-refractivity contribution in [3.8, 4) is 83.6 Å². The molecule has 1 nitrogen and oxygen atoms in total. The molecule has 2 atom stereocenters. The van der Waals surface area contributed by atoms with Crippen LogP contribution in [0.3, 0.4) is 0 Å². The van der Waals surface area contributed by atoms with Crippen LogP contribution in [0.4, 0.5) is 0 Å². The van der Waals surface area contributed by atoms with Gasteiger partial charge in [-0.15, -0.1) is 0 Å². The Bertz CT molecular complexity index is 4650. The van der Waals surface area contributed by atoms with E-state index in [0.717, 1.165) is 37.8 Å². The Morgan fingerprint density at radius 1 is 0.388 bits per heavy atom. The minimum Gasteiger partial charge on any atom is -0.309 e. The first-order valence-electron chi connectivity index (χ1n) is 30.4. The van der Waals surface area contributed by atoms with Crippen molar-refractivity contribution in [3.63, 3.8) is 0 Å². The van der Waals surface area contributed by atoms with Gasteiger partial charge in [0, 0.05) is 16.5 Å². The number of aryl methyl sites for hydroxylation is 2. The predicted octanol–water partition coefficient (Wildman–Crippen LogP) is 22.2. The summed E-state index contributed by atoms with van der Waals surface area (Å²) in [4.78, 5) is 0. The van der Waals surface area contributed by atoms with Gasteiger partial charge in [0.25, 0.3) is 0 Å². The van der Waals surface area contributed by atoms with Crippen LogP contribution in [0.25, 0.3) is 111 Å². The zero-order chi connectivity index (χ0) is 56.6. The second-order valence-corrected chi connectivity index (χ2v) is 23.5. The maximum absolute atomic E-state index is 2.57. The van der Waals surface area contributed by atoms with Gasteiger partial charge in [-0.1, -0.05) is 261 Å².